The lowest BCUT2D eigenvalue weighted by Gasteiger charge is -2.36. The van der Waals surface area contributed by atoms with E-state index >= 15 is 0 Å². The number of nitrogens with zero attached hydrogens (tertiary/aromatic N) is 5. The Kier molecular flexibility index (Phi) is 3.53. The Morgan fingerprint density at radius 1 is 1.17 bits per heavy atom. The van der Waals surface area contributed by atoms with Gasteiger partial charge in [-0.3, -0.25) is 9.80 Å². The number of benzene rings is 1. The van der Waals surface area contributed by atoms with Crippen molar-refractivity contribution in [2.24, 2.45) is 7.05 Å². The lowest BCUT2D eigenvalue weighted by atomic mass is 10.2. The predicted molar refractivity (Wildman–Crippen MR) is 88.2 cm³/mol. The molecule has 2 amide bonds. The highest BCUT2D eigenvalue weighted by Gasteiger charge is 2.41. The molecule has 2 fully saturated rings. The van der Waals surface area contributed by atoms with Gasteiger partial charge in [-0.1, -0.05) is 18.2 Å². The van der Waals surface area contributed by atoms with Crippen LogP contribution in [0.1, 0.15) is 5.82 Å². The van der Waals surface area contributed by atoms with E-state index in [-0.39, 0.29) is 12.1 Å². The predicted octanol–water partition coefficient (Wildman–Crippen LogP) is 1.55. The first-order valence-corrected chi connectivity index (χ1v) is 8.04. The first-order chi connectivity index (χ1) is 11.2. The van der Waals surface area contributed by atoms with Gasteiger partial charge in [-0.15, -0.1) is 0 Å². The van der Waals surface area contributed by atoms with E-state index < -0.39 is 0 Å². The van der Waals surface area contributed by atoms with Crippen LogP contribution in [0.3, 0.4) is 0 Å². The number of amides is 2. The maximum atomic E-state index is 12.6. The molecule has 120 valence electrons. The molecule has 1 aromatic carbocycles. The Labute approximate surface area is 135 Å². The van der Waals surface area contributed by atoms with Crippen LogP contribution in [0, 0.1) is 0 Å². The average molecular weight is 311 g/mol. The monoisotopic (exact) mass is 311 g/mol. The molecule has 0 bridgehead atoms. The van der Waals surface area contributed by atoms with Crippen LogP contribution >= 0.6 is 0 Å². The summed E-state index contributed by atoms with van der Waals surface area (Å²) in [5.74, 6) is 1.07. The second-order valence-corrected chi connectivity index (χ2v) is 6.27. The highest BCUT2D eigenvalue weighted by molar-refractivity contribution is 5.94. The van der Waals surface area contributed by atoms with Gasteiger partial charge in [0.2, 0.25) is 0 Å². The molecule has 1 aromatic heterocycles. The van der Waals surface area contributed by atoms with Crippen molar-refractivity contribution >= 4 is 11.7 Å². The second-order valence-electron chi connectivity index (χ2n) is 6.27. The second kappa shape index (κ2) is 5.70. The molecule has 23 heavy (non-hydrogen) atoms. The Morgan fingerprint density at radius 2 is 2.00 bits per heavy atom. The van der Waals surface area contributed by atoms with E-state index in [2.05, 4.69) is 14.5 Å². The molecule has 0 radical (unpaired) electrons. The van der Waals surface area contributed by atoms with Crippen LogP contribution in [0.2, 0.25) is 0 Å². The highest BCUT2D eigenvalue weighted by atomic mass is 16.2. The number of aromatic nitrogens is 2. The molecule has 2 aromatic rings. The number of aryl methyl sites for hydroxylation is 1. The number of imidazole rings is 1. The zero-order chi connectivity index (χ0) is 15.8. The molecule has 4 rings (SSSR count). The van der Waals surface area contributed by atoms with Crippen molar-refractivity contribution in [3.05, 3.63) is 48.5 Å². The van der Waals surface area contributed by atoms with Crippen LogP contribution in [-0.4, -0.2) is 57.6 Å². The molecule has 6 heteroatoms. The Bertz CT molecular complexity index is 698. The number of para-hydroxylation sites is 1. The first-order valence-electron chi connectivity index (χ1n) is 8.04. The summed E-state index contributed by atoms with van der Waals surface area (Å²) in [5.41, 5.74) is 0.988. The summed E-state index contributed by atoms with van der Waals surface area (Å²) in [6.45, 7) is 4.20. The number of carbonyl (C=O) groups excluding carboxylic acids is 1. The summed E-state index contributed by atoms with van der Waals surface area (Å²) >= 11 is 0. The standard InChI is InChI=1S/C17H21N5O/c1-19-8-7-18-16(19)13-20-9-10-21-15(11-20)12-22(17(21)23)14-5-3-2-4-6-14/h2-8,15H,9-13H2,1H3. The minimum absolute atomic E-state index is 0.137. The quantitative estimate of drug-likeness (QED) is 0.864. The fraction of sp³-hybridized carbons (Fsp3) is 0.412. The largest absolute Gasteiger partial charge is 0.337 e. The molecule has 0 saturated carbocycles. The van der Waals surface area contributed by atoms with E-state index in [0.29, 0.717) is 0 Å². The third-order valence-corrected chi connectivity index (χ3v) is 4.79. The lowest BCUT2D eigenvalue weighted by molar-refractivity contribution is 0.114. The van der Waals surface area contributed by atoms with Gasteiger partial charge in [-0.2, -0.15) is 0 Å². The maximum Gasteiger partial charge on any atom is 0.324 e. The number of hydrogen-bond acceptors (Lipinski definition) is 3. The van der Waals surface area contributed by atoms with Gasteiger partial charge >= 0.3 is 6.03 Å². The molecule has 0 spiro atoms. The summed E-state index contributed by atoms with van der Waals surface area (Å²) in [6.07, 6.45) is 3.81. The number of anilines is 1. The number of piperazine rings is 1. The highest BCUT2D eigenvalue weighted by Crippen LogP contribution is 2.26. The third kappa shape index (κ3) is 2.59. The van der Waals surface area contributed by atoms with Gasteiger partial charge in [-0.25, -0.2) is 9.78 Å². The summed E-state index contributed by atoms with van der Waals surface area (Å²) in [4.78, 5) is 23.3. The van der Waals surface area contributed by atoms with Gasteiger partial charge < -0.3 is 9.47 Å². The van der Waals surface area contributed by atoms with E-state index in [1.165, 1.54) is 0 Å². The number of rotatable bonds is 3. The maximum absolute atomic E-state index is 12.6. The number of hydrogen-bond donors (Lipinski definition) is 0. The van der Waals surface area contributed by atoms with Crippen LogP contribution in [0.15, 0.2) is 42.7 Å². The van der Waals surface area contributed by atoms with Crippen molar-refractivity contribution < 1.29 is 4.79 Å². The zero-order valence-electron chi connectivity index (χ0n) is 13.3. The van der Waals surface area contributed by atoms with E-state index in [1.54, 1.807) is 0 Å². The molecule has 1 unspecified atom stereocenters. The van der Waals surface area contributed by atoms with Gasteiger partial charge in [-0.05, 0) is 12.1 Å². The smallest absolute Gasteiger partial charge is 0.324 e. The fourth-order valence-electron chi connectivity index (χ4n) is 3.49. The summed E-state index contributed by atoms with van der Waals surface area (Å²) in [5, 5.41) is 0. The molecular formula is C17H21N5O. The van der Waals surface area contributed by atoms with Crippen molar-refractivity contribution in [1.82, 2.24) is 19.4 Å². The molecule has 2 aliphatic rings. The molecular weight excluding hydrogens is 290 g/mol. The van der Waals surface area contributed by atoms with Gasteiger partial charge in [0.15, 0.2) is 0 Å². The molecule has 3 heterocycles. The van der Waals surface area contributed by atoms with Gasteiger partial charge in [0.05, 0.1) is 12.6 Å². The molecule has 2 aliphatic heterocycles. The molecule has 0 N–H and O–H groups in total. The minimum atomic E-state index is 0.137. The zero-order valence-corrected chi connectivity index (χ0v) is 13.3. The van der Waals surface area contributed by atoms with Crippen molar-refractivity contribution in [1.29, 1.82) is 0 Å². The van der Waals surface area contributed by atoms with Crippen LogP contribution < -0.4 is 4.90 Å². The average Bonchev–Trinajstić information content (AvgIpc) is 3.12. The Morgan fingerprint density at radius 3 is 2.74 bits per heavy atom. The van der Waals surface area contributed by atoms with Crippen LogP contribution in [0.25, 0.3) is 0 Å². The van der Waals surface area contributed by atoms with Crippen molar-refractivity contribution in [3.63, 3.8) is 0 Å². The SMILES string of the molecule is Cn1ccnc1CN1CCN2C(=O)N(c3ccccc3)CC2C1. The van der Waals surface area contributed by atoms with Gasteiger partial charge in [0, 0.05) is 51.3 Å². The van der Waals surface area contributed by atoms with Crippen molar-refractivity contribution in [2.45, 2.75) is 12.6 Å². The summed E-state index contributed by atoms with van der Waals surface area (Å²) in [6, 6.07) is 10.3. The number of carbonyl (C=O) groups is 1. The van der Waals surface area contributed by atoms with E-state index in [1.807, 2.05) is 59.6 Å². The van der Waals surface area contributed by atoms with E-state index in [9.17, 15) is 4.79 Å². The van der Waals surface area contributed by atoms with Crippen molar-refractivity contribution in [3.8, 4) is 0 Å². The molecule has 0 aliphatic carbocycles. The van der Waals surface area contributed by atoms with E-state index in [4.69, 9.17) is 0 Å². The lowest BCUT2D eigenvalue weighted by Crippen LogP contribution is -2.51. The Balaban J connectivity index is 1.46. The van der Waals surface area contributed by atoms with Gasteiger partial charge in [0.25, 0.3) is 0 Å². The van der Waals surface area contributed by atoms with Crippen LogP contribution in [-0.2, 0) is 13.6 Å². The fourth-order valence-corrected chi connectivity index (χ4v) is 3.49. The Hall–Kier alpha value is -2.34. The normalized spacial score (nSPS) is 21.8. The summed E-state index contributed by atoms with van der Waals surface area (Å²) in [7, 11) is 2.02. The van der Waals surface area contributed by atoms with Gasteiger partial charge in [0.1, 0.15) is 5.82 Å². The number of urea groups is 1. The van der Waals surface area contributed by atoms with Crippen molar-refractivity contribution in [2.75, 3.05) is 31.1 Å². The van der Waals surface area contributed by atoms with Crippen LogP contribution in [0.5, 0.6) is 0 Å². The molecule has 1 atom stereocenters. The topological polar surface area (TPSA) is 44.6 Å². The molecule has 6 nitrogen and oxygen atoms in total. The molecule has 2 saturated heterocycles. The third-order valence-electron chi connectivity index (χ3n) is 4.79. The minimum Gasteiger partial charge on any atom is -0.337 e. The number of fused-ring (bicyclic) bond motifs is 1. The first kappa shape index (κ1) is 14.3. The van der Waals surface area contributed by atoms with Crippen LogP contribution in [0.4, 0.5) is 10.5 Å². The van der Waals surface area contributed by atoms with E-state index in [0.717, 1.165) is 44.2 Å². The summed E-state index contributed by atoms with van der Waals surface area (Å²) < 4.78 is 2.06.